The van der Waals surface area contributed by atoms with Crippen LogP contribution in [0.2, 0.25) is 5.02 Å². The van der Waals surface area contributed by atoms with Gasteiger partial charge in [0.25, 0.3) is 0 Å². The van der Waals surface area contributed by atoms with Gasteiger partial charge < -0.3 is 5.73 Å². The van der Waals surface area contributed by atoms with Crippen molar-refractivity contribution in [3.05, 3.63) is 47.1 Å². The molecule has 3 nitrogen and oxygen atoms in total. The summed E-state index contributed by atoms with van der Waals surface area (Å²) in [4.78, 5) is 8.80. The Morgan fingerprint density at radius 1 is 1.16 bits per heavy atom. The summed E-state index contributed by atoms with van der Waals surface area (Å²) in [5.74, 6) is 1.16. The first-order valence-electron chi connectivity index (χ1n) is 5.61. The van der Waals surface area contributed by atoms with Gasteiger partial charge in [0.15, 0.2) is 4.34 Å². The third-order valence-electron chi connectivity index (χ3n) is 2.55. The fourth-order valence-corrected chi connectivity index (χ4v) is 3.92. The molecule has 96 valence electrons. The van der Waals surface area contributed by atoms with Crippen LogP contribution in [-0.2, 0) is 5.75 Å². The molecule has 6 heteroatoms. The zero-order valence-electron chi connectivity index (χ0n) is 9.84. The number of para-hydroxylation sites is 1. The predicted molar refractivity (Wildman–Crippen MR) is 82.8 cm³/mol. The zero-order chi connectivity index (χ0) is 13.2. The van der Waals surface area contributed by atoms with E-state index in [0.29, 0.717) is 16.6 Å². The molecule has 0 bridgehead atoms. The summed E-state index contributed by atoms with van der Waals surface area (Å²) >= 11 is 9.40. The lowest BCUT2D eigenvalue weighted by Crippen LogP contribution is -1.94. The summed E-state index contributed by atoms with van der Waals surface area (Å²) in [6.07, 6.45) is 0. The van der Waals surface area contributed by atoms with Crippen molar-refractivity contribution in [2.45, 2.75) is 10.1 Å². The monoisotopic (exact) mass is 307 g/mol. The third-order valence-corrected chi connectivity index (χ3v) is 5.08. The van der Waals surface area contributed by atoms with Crippen LogP contribution < -0.4 is 5.73 Å². The van der Waals surface area contributed by atoms with Gasteiger partial charge in [0.05, 0.1) is 20.9 Å². The minimum absolute atomic E-state index is 0.490. The van der Waals surface area contributed by atoms with Gasteiger partial charge in [-0.05, 0) is 24.3 Å². The quantitative estimate of drug-likeness (QED) is 0.736. The Morgan fingerprint density at radius 2 is 2.00 bits per heavy atom. The normalized spacial score (nSPS) is 11.0. The van der Waals surface area contributed by atoms with Gasteiger partial charge in [0.2, 0.25) is 0 Å². The third kappa shape index (κ3) is 2.83. The Bertz CT molecular complexity index is 694. The number of fused-ring (bicyclic) bond motifs is 1. The lowest BCUT2D eigenvalue weighted by atomic mass is 10.3. The summed E-state index contributed by atoms with van der Waals surface area (Å²) in [6, 6.07) is 11.6. The Hall–Kier alpha value is -1.30. The summed E-state index contributed by atoms with van der Waals surface area (Å²) in [6.45, 7) is 0. The highest BCUT2D eigenvalue weighted by atomic mass is 35.5. The molecule has 0 saturated carbocycles. The molecule has 0 aliphatic rings. The van der Waals surface area contributed by atoms with E-state index in [-0.39, 0.29) is 0 Å². The van der Waals surface area contributed by atoms with E-state index >= 15 is 0 Å². The van der Waals surface area contributed by atoms with Gasteiger partial charge >= 0.3 is 0 Å². The fourth-order valence-electron chi connectivity index (χ4n) is 1.65. The maximum Gasteiger partial charge on any atom is 0.151 e. The van der Waals surface area contributed by atoms with E-state index < -0.39 is 0 Å². The number of pyridine rings is 1. The number of nitrogen functional groups attached to an aromatic ring is 1. The van der Waals surface area contributed by atoms with Crippen molar-refractivity contribution in [1.29, 1.82) is 0 Å². The molecule has 0 spiro atoms. The summed E-state index contributed by atoms with van der Waals surface area (Å²) in [7, 11) is 0. The molecular weight excluding hydrogens is 298 g/mol. The molecule has 0 aliphatic heterocycles. The number of benzene rings is 1. The topological polar surface area (TPSA) is 51.8 Å². The van der Waals surface area contributed by atoms with E-state index in [2.05, 4.69) is 16.0 Å². The Balaban J connectivity index is 1.80. The molecule has 0 radical (unpaired) electrons. The number of rotatable bonds is 3. The zero-order valence-corrected chi connectivity index (χ0v) is 12.2. The van der Waals surface area contributed by atoms with E-state index in [4.69, 9.17) is 17.3 Å². The van der Waals surface area contributed by atoms with E-state index in [1.54, 1.807) is 35.2 Å². The number of hydrogen-bond acceptors (Lipinski definition) is 5. The van der Waals surface area contributed by atoms with Crippen LogP contribution in [0.1, 0.15) is 5.69 Å². The molecule has 3 aromatic rings. The highest BCUT2D eigenvalue weighted by molar-refractivity contribution is 8.00. The molecule has 0 atom stereocenters. The Labute approximate surface area is 123 Å². The van der Waals surface area contributed by atoms with Gasteiger partial charge in [0, 0.05) is 5.75 Å². The van der Waals surface area contributed by atoms with Gasteiger partial charge in [-0.2, -0.15) is 0 Å². The van der Waals surface area contributed by atoms with Crippen LogP contribution >= 0.6 is 34.7 Å². The number of hydrogen-bond donors (Lipinski definition) is 1. The highest BCUT2D eigenvalue weighted by Gasteiger charge is 2.07. The standard InChI is InChI=1S/C13H10ClN3S2/c14-8-5-6-12(15)16-10(8)7-18-13-17-9-3-1-2-4-11(9)19-13/h1-6H,7H2,(H2,15,16). The molecule has 2 heterocycles. The van der Waals surface area contributed by atoms with Crippen LogP contribution in [0, 0.1) is 0 Å². The minimum atomic E-state index is 0.490. The maximum absolute atomic E-state index is 6.09. The molecule has 2 N–H and O–H groups in total. The largest absolute Gasteiger partial charge is 0.384 e. The number of nitrogens with two attached hydrogens (primary N) is 1. The SMILES string of the molecule is Nc1ccc(Cl)c(CSc2nc3ccccc3s2)n1. The van der Waals surface area contributed by atoms with E-state index in [9.17, 15) is 0 Å². The van der Waals surface area contributed by atoms with Gasteiger partial charge in [0.1, 0.15) is 5.82 Å². The maximum atomic E-state index is 6.09. The molecule has 0 fully saturated rings. The minimum Gasteiger partial charge on any atom is -0.384 e. The molecule has 2 aromatic heterocycles. The van der Waals surface area contributed by atoms with E-state index in [1.165, 1.54) is 4.70 Å². The second-order valence-electron chi connectivity index (χ2n) is 3.90. The Morgan fingerprint density at radius 3 is 2.84 bits per heavy atom. The van der Waals surface area contributed by atoms with Gasteiger partial charge in [-0.25, -0.2) is 9.97 Å². The van der Waals surface area contributed by atoms with Crippen LogP contribution in [0.4, 0.5) is 5.82 Å². The van der Waals surface area contributed by atoms with Crippen molar-refractivity contribution in [2.24, 2.45) is 0 Å². The van der Waals surface area contributed by atoms with Crippen LogP contribution in [0.15, 0.2) is 40.7 Å². The molecule has 0 unspecified atom stereocenters. The second kappa shape index (κ2) is 5.36. The number of anilines is 1. The molecule has 1 aromatic carbocycles. The van der Waals surface area contributed by atoms with Crippen LogP contribution in [0.3, 0.4) is 0 Å². The smallest absolute Gasteiger partial charge is 0.151 e. The van der Waals surface area contributed by atoms with Crippen molar-refractivity contribution in [2.75, 3.05) is 5.73 Å². The highest BCUT2D eigenvalue weighted by Crippen LogP contribution is 2.32. The van der Waals surface area contributed by atoms with E-state index in [0.717, 1.165) is 15.6 Å². The number of nitrogens with zero attached hydrogens (tertiary/aromatic N) is 2. The summed E-state index contributed by atoms with van der Waals surface area (Å²) < 4.78 is 2.21. The van der Waals surface area contributed by atoms with E-state index in [1.807, 2.05) is 18.2 Å². The number of thioether (sulfide) groups is 1. The molecular formula is C13H10ClN3S2. The molecule has 0 saturated heterocycles. The van der Waals surface area contributed by atoms with Crippen molar-refractivity contribution in [3.8, 4) is 0 Å². The number of halogens is 1. The van der Waals surface area contributed by atoms with Gasteiger partial charge in [-0.1, -0.05) is 35.5 Å². The summed E-state index contributed by atoms with van der Waals surface area (Å²) in [5, 5.41) is 0.641. The first-order chi connectivity index (χ1) is 9.22. The molecule has 0 aliphatic carbocycles. The lowest BCUT2D eigenvalue weighted by Gasteiger charge is -2.02. The van der Waals surface area contributed by atoms with Gasteiger partial charge in [-0.3, -0.25) is 0 Å². The van der Waals surface area contributed by atoms with Crippen LogP contribution in [0.5, 0.6) is 0 Å². The predicted octanol–water partition coefficient (Wildman–Crippen LogP) is 4.22. The second-order valence-corrected chi connectivity index (χ2v) is 6.56. The van der Waals surface area contributed by atoms with Crippen molar-refractivity contribution in [1.82, 2.24) is 9.97 Å². The molecule has 3 rings (SSSR count). The first kappa shape index (κ1) is 12.7. The lowest BCUT2D eigenvalue weighted by molar-refractivity contribution is 1.18. The number of aromatic nitrogens is 2. The molecule has 0 amide bonds. The van der Waals surface area contributed by atoms with Crippen molar-refractivity contribution >= 4 is 50.7 Å². The summed E-state index contributed by atoms with van der Waals surface area (Å²) in [5.41, 5.74) is 7.49. The van der Waals surface area contributed by atoms with Gasteiger partial charge in [-0.15, -0.1) is 11.3 Å². The average molecular weight is 308 g/mol. The Kier molecular flexibility index (Phi) is 3.59. The van der Waals surface area contributed by atoms with Crippen molar-refractivity contribution in [3.63, 3.8) is 0 Å². The van der Waals surface area contributed by atoms with Crippen LogP contribution in [-0.4, -0.2) is 9.97 Å². The first-order valence-corrected chi connectivity index (χ1v) is 7.79. The average Bonchev–Trinajstić information content (AvgIpc) is 2.82. The molecule has 19 heavy (non-hydrogen) atoms. The van der Waals surface area contributed by atoms with Crippen molar-refractivity contribution < 1.29 is 0 Å². The van der Waals surface area contributed by atoms with Crippen LogP contribution in [0.25, 0.3) is 10.2 Å². The number of thiazole rings is 1. The fraction of sp³-hybridized carbons (Fsp3) is 0.0769.